The summed E-state index contributed by atoms with van der Waals surface area (Å²) >= 11 is 8.99. The second-order valence-corrected chi connectivity index (χ2v) is 4.54. The molecule has 0 aromatic heterocycles. The van der Waals surface area contributed by atoms with Gasteiger partial charge >= 0.3 is 0 Å². The predicted octanol–water partition coefficient (Wildman–Crippen LogP) is 3.27. The summed E-state index contributed by atoms with van der Waals surface area (Å²) in [6.07, 6.45) is 0. The molecule has 0 fully saturated rings. The largest absolute Gasteiger partial charge is 0.314 e. The maximum Gasteiger partial charge on any atom is 0.241 e. The molecule has 1 aromatic rings. The Bertz CT molecular complexity index is 369. The van der Waals surface area contributed by atoms with Crippen molar-refractivity contribution in [1.82, 2.24) is 0 Å². The first kappa shape index (κ1) is 12.5. The van der Waals surface area contributed by atoms with E-state index >= 15 is 0 Å². The molecule has 82 valence electrons. The van der Waals surface area contributed by atoms with E-state index in [1.54, 1.807) is 11.9 Å². The summed E-state index contributed by atoms with van der Waals surface area (Å²) in [5, 5.41) is 0. The lowest BCUT2D eigenvalue weighted by atomic mass is 10.1. The van der Waals surface area contributed by atoms with Crippen molar-refractivity contribution in [3.63, 3.8) is 0 Å². The number of benzene rings is 1. The minimum absolute atomic E-state index is 0.00462. The minimum Gasteiger partial charge on any atom is -0.314 e. The van der Waals surface area contributed by atoms with Crippen molar-refractivity contribution < 1.29 is 4.79 Å². The molecule has 0 aliphatic heterocycles. The number of amides is 1. The number of aryl methyl sites for hydroxylation is 2. The van der Waals surface area contributed by atoms with Gasteiger partial charge in [-0.05, 0) is 37.1 Å². The maximum absolute atomic E-state index is 11.4. The Morgan fingerprint density at radius 2 is 1.87 bits per heavy atom. The molecule has 0 heterocycles. The number of nitrogens with zero attached hydrogens (tertiary/aromatic N) is 1. The van der Waals surface area contributed by atoms with Crippen LogP contribution in [0.2, 0.25) is 0 Å². The van der Waals surface area contributed by atoms with E-state index in [0.29, 0.717) is 0 Å². The van der Waals surface area contributed by atoms with Crippen molar-refractivity contribution in [2.75, 3.05) is 17.8 Å². The van der Waals surface area contributed by atoms with Crippen LogP contribution in [0.1, 0.15) is 11.1 Å². The molecule has 0 aliphatic rings. The van der Waals surface area contributed by atoms with Crippen LogP contribution in [-0.4, -0.2) is 18.8 Å². The van der Waals surface area contributed by atoms with Gasteiger partial charge in [0.1, 0.15) is 5.88 Å². The Hall–Kier alpha value is -0.540. The summed E-state index contributed by atoms with van der Waals surface area (Å²) in [6, 6.07) is 3.92. The van der Waals surface area contributed by atoms with Gasteiger partial charge in [-0.3, -0.25) is 4.79 Å². The van der Waals surface area contributed by atoms with Crippen molar-refractivity contribution in [1.29, 1.82) is 0 Å². The van der Waals surface area contributed by atoms with Gasteiger partial charge in [0.2, 0.25) is 5.91 Å². The van der Waals surface area contributed by atoms with E-state index in [1.807, 2.05) is 26.0 Å². The average molecular weight is 291 g/mol. The van der Waals surface area contributed by atoms with Crippen LogP contribution in [0, 0.1) is 13.8 Å². The quantitative estimate of drug-likeness (QED) is 0.766. The Kier molecular flexibility index (Phi) is 4.17. The fourth-order valence-electron chi connectivity index (χ4n) is 1.35. The molecular formula is C11H13BrClNO. The molecule has 0 N–H and O–H groups in total. The molecule has 0 atom stereocenters. The zero-order valence-electron chi connectivity index (χ0n) is 8.97. The van der Waals surface area contributed by atoms with Gasteiger partial charge in [0.15, 0.2) is 0 Å². The predicted molar refractivity (Wildman–Crippen MR) is 67.7 cm³/mol. The second-order valence-electron chi connectivity index (χ2n) is 3.48. The van der Waals surface area contributed by atoms with E-state index in [-0.39, 0.29) is 11.8 Å². The molecule has 0 spiro atoms. The highest BCUT2D eigenvalue weighted by atomic mass is 79.9. The standard InChI is InChI=1S/C11H13BrClNO/c1-7-4-9(5-8(2)11(7)12)14(3)10(15)6-13/h4-5H,6H2,1-3H3. The third kappa shape index (κ3) is 2.73. The van der Waals surface area contributed by atoms with Gasteiger partial charge in [-0.25, -0.2) is 0 Å². The van der Waals surface area contributed by atoms with Gasteiger partial charge in [-0.2, -0.15) is 0 Å². The Morgan fingerprint density at radius 3 is 2.27 bits per heavy atom. The molecule has 4 heteroatoms. The molecule has 0 bridgehead atoms. The smallest absolute Gasteiger partial charge is 0.241 e. The van der Waals surface area contributed by atoms with Crippen molar-refractivity contribution >= 4 is 39.1 Å². The number of carbonyl (C=O) groups excluding carboxylic acids is 1. The molecule has 1 rings (SSSR count). The van der Waals surface area contributed by atoms with E-state index in [9.17, 15) is 4.79 Å². The molecule has 15 heavy (non-hydrogen) atoms. The van der Waals surface area contributed by atoms with E-state index in [4.69, 9.17) is 11.6 Å². The fraction of sp³-hybridized carbons (Fsp3) is 0.364. The van der Waals surface area contributed by atoms with Gasteiger partial charge in [-0.1, -0.05) is 15.9 Å². The number of anilines is 1. The monoisotopic (exact) mass is 289 g/mol. The fourth-order valence-corrected chi connectivity index (χ4v) is 1.76. The first-order valence-corrected chi connectivity index (χ1v) is 5.89. The molecule has 0 unspecified atom stereocenters. The summed E-state index contributed by atoms with van der Waals surface area (Å²) in [4.78, 5) is 13.0. The van der Waals surface area contributed by atoms with Gasteiger partial charge in [0.05, 0.1) is 0 Å². The second kappa shape index (κ2) is 4.99. The van der Waals surface area contributed by atoms with Crippen LogP contribution in [-0.2, 0) is 4.79 Å². The van der Waals surface area contributed by atoms with Crippen LogP contribution < -0.4 is 4.90 Å². The summed E-state index contributed by atoms with van der Waals surface area (Å²) in [7, 11) is 1.73. The molecule has 1 aromatic carbocycles. The number of hydrogen-bond donors (Lipinski definition) is 0. The number of halogens is 2. The van der Waals surface area contributed by atoms with E-state index in [0.717, 1.165) is 21.3 Å². The number of rotatable bonds is 2. The van der Waals surface area contributed by atoms with Gasteiger partial charge < -0.3 is 4.90 Å². The summed E-state index contributed by atoms with van der Waals surface area (Å²) < 4.78 is 1.08. The van der Waals surface area contributed by atoms with Crippen molar-refractivity contribution in [2.45, 2.75) is 13.8 Å². The lowest BCUT2D eigenvalue weighted by Gasteiger charge is -2.18. The Labute approximate surface area is 103 Å². The van der Waals surface area contributed by atoms with Crippen LogP contribution in [0.4, 0.5) is 5.69 Å². The van der Waals surface area contributed by atoms with E-state index < -0.39 is 0 Å². The molecular weight excluding hydrogens is 277 g/mol. The normalized spacial score (nSPS) is 10.2. The maximum atomic E-state index is 11.4. The van der Waals surface area contributed by atoms with Crippen molar-refractivity contribution in [2.24, 2.45) is 0 Å². The van der Waals surface area contributed by atoms with Crippen LogP contribution >= 0.6 is 27.5 Å². The van der Waals surface area contributed by atoms with Crippen molar-refractivity contribution in [3.8, 4) is 0 Å². The lowest BCUT2D eigenvalue weighted by molar-refractivity contribution is -0.116. The third-order valence-electron chi connectivity index (χ3n) is 2.30. The zero-order chi connectivity index (χ0) is 11.6. The summed E-state index contributed by atoms with van der Waals surface area (Å²) in [6.45, 7) is 4.00. The average Bonchev–Trinajstić information content (AvgIpc) is 2.23. The summed E-state index contributed by atoms with van der Waals surface area (Å²) in [5.41, 5.74) is 3.09. The highest BCUT2D eigenvalue weighted by Crippen LogP contribution is 2.26. The topological polar surface area (TPSA) is 20.3 Å². The lowest BCUT2D eigenvalue weighted by Crippen LogP contribution is -2.27. The molecule has 0 aliphatic carbocycles. The molecule has 0 radical (unpaired) electrons. The highest BCUT2D eigenvalue weighted by molar-refractivity contribution is 9.10. The van der Waals surface area contributed by atoms with E-state index in [2.05, 4.69) is 15.9 Å². The Morgan fingerprint density at radius 1 is 1.40 bits per heavy atom. The zero-order valence-corrected chi connectivity index (χ0v) is 11.3. The first-order chi connectivity index (χ1) is 6.97. The van der Waals surface area contributed by atoms with Gasteiger partial charge in [0.25, 0.3) is 0 Å². The number of carbonyl (C=O) groups is 1. The number of hydrogen-bond acceptors (Lipinski definition) is 1. The minimum atomic E-state index is -0.0993. The highest BCUT2D eigenvalue weighted by Gasteiger charge is 2.11. The third-order valence-corrected chi connectivity index (χ3v) is 3.78. The van der Waals surface area contributed by atoms with Crippen LogP contribution in [0.25, 0.3) is 0 Å². The van der Waals surface area contributed by atoms with Crippen LogP contribution in [0.15, 0.2) is 16.6 Å². The van der Waals surface area contributed by atoms with Crippen molar-refractivity contribution in [3.05, 3.63) is 27.7 Å². The molecule has 0 saturated heterocycles. The molecule has 1 amide bonds. The molecule has 2 nitrogen and oxygen atoms in total. The van der Waals surface area contributed by atoms with Crippen LogP contribution in [0.3, 0.4) is 0 Å². The van der Waals surface area contributed by atoms with E-state index in [1.165, 1.54) is 0 Å². The molecule has 0 saturated carbocycles. The van der Waals surface area contributed by atoms with Gasteiger partial charge in [-0.15, -0.1) is 11.6 Å². The summed E-state index contributed by atoms with van der Waals surface area (Å²) in [5.74, 6) is -0.0946. The Balaban J connectivity index is 3.11. The van der Waals surface area contributed by atoms with Gasteiger partial charge in [0, 0.05) is 17.2 Å². The van der Waals surface area contributed by atoms with Crippen LogP contribution in [0.5, 0.6) is 0 Å². The SMILES string of the molecule is Cc1cc(N(C)C(=O)CCl)cc(C)c1Br. The number of alkyl halides is 1. The first-order valence-electron chi connectivity index (χ1n) is 4.56.